The van der Waals surface area contributed by atoms with E-state index in [2.05, 4.69) is 10.2 Å². The van der Waals surface area contributed by atoms with E-state index in [1.54, 1.807) is 0 Å². The van der Waals surface area contributed by atoms with Gasteiger partial charge in [-0.15, -0.1) is 0 Å². The molecule has 0 unspecified atom stereocenters. The number of hydrogen-bond donors (Lipinski definition) is 2. The Morgan fingerprint density at radius 1 is 1.19 bits per heavy atom. The topological polar surface area (TPSA) is 72.9 Å². The minimum atomic E-state index is -0.769. The molecule has 0 saturated heterocycles. The predicted molar refractivity (Wildman–Crippen MR) is 99.8 cm³/mol. The number of nitrogens with zero attached hydrogens (tertiary/aromatic N) is 2. The number of aliphatic carboxylic acids is 1. The van der Waals surface area contributed by atoms with Crippen molar-refractivity contribution >= 4 is 11.9 Å². The Bertz CT molecular complexity index is 624. The molecule has 2 N–H and O–H groups in total. The molecule has 6 nitrogen and oxygen atoms in total. The number of benzene rings is 1. The zero-order chi connectivity index (χ0) is 18.7. The third-order valence-electron chi connectivity index (χ3n) is 5.38. The van der Waals surface area contributed by atoms with Crippen molar-refractivity contribution in [2.24, 2.45) is 5.92 Å². The Hall–Kier alpha value is -1.92. The highest BCUT2D eigenvalue weighted by Gasteiger charge is 2.38. The molecule has 0 heterocycles. The predicted octanol–water partition coefficient (Wildman–Crippen LogP) is 1.73. The molecule has 3 rings (SSSR count). The maximum Gasteiger partial charge on any atom is 0.317 e. The van der Waals surface area contributed by atoms with Crippen LogP contribution in [-0.4, -0.2) is 66.1 Å². The van der Waals surface area contributed by atoms with E-state index in [0.29, 0.717) is 5.92 Å². The fraction of sp³-hybridized carbons (Fsp3) is 0.600. The average molecular weight is 359 g/mol. The van der Waals surface area contributed by atoms with Crippen LogP contribution in [0.1, 0.15) is 37.3 Å². The largest absolute Gasteiger partial charge is 0.480 e. The zero-order valence-corrected chi connectivity index (χ0v) is 15.6. The maximum absolute atomic E-state index is 12.8. The minimum absolute atomic E-state index is 0.0108. The summed E-state index contributed by atoms with van der Waals surface area (Å²) in [6, 6.07) is 9.87. The summed E-state index contributed by atoms with van der Waals surface area (Å²) in [6.45, 7) is 0.980. The quantitative estimate of drug-likeness (QED) is 0.703. The van der Waals surface area contributed by atoms with Gasteiger partial charge in [0.2, 0.25) is 5.91 Å². The van der Waals surface area contributed by atoms with Crippen molar-refractivity contribution in [1.82, 2.24) is 15.1 Å². The van der Waals surface area contributed by atoms with E-state index < -0.39 is 5.97 Å². The lowest BCUT2D eigenvalue weighted by molar-refractivity contribution is -0.140. The highest BCUT2D eigenvalue weighted by molar-refractivity contribution is 5.83. The fourth-order valence-electron chi connectivity index (χ4n) is 3.75. The van der Waals surface area contributed by atoms with Gasteiger partial charge < -0.3 is 10.4 Å². The summed E-state index contributed by atoms with van der Waals surface area (Å²) in [5.74, 6) is -0.0919. The number of likely N-dealkylation sites (N-methyl/N-ethyl adjacent to an activating group) is 1. The summed E-state index contributed by atoms with van der Waals surface area (Å²) in [6.07, 6.45) is 4.09. The molecule has 2 aliphatic rings. The Morgan fingerprint density at radius 3 is 2.38 bits per heavy atom. The second kappa shape index (κ2) is 8.18. The summed E-state index contributed by atoms with van der Waals surface area (Å²) in [4.78, 5) is 27.9. The number of hydrogen-bond acceptors (Lipinski definition) is 4. The van der Waals surface area contributed by atoms with Gasteiger partial charge in [0.1, 0.15) is 6.04 Å². The number of carbonyl (C=O) groups is 2. The molecule has 1 amide bonds. The van der Waals surface area contributed by atoms with Gasteiger partial charge in [-0.1, -0.05) is 30.3 Å². The van der Waals surface area contributed by atoms with Crippen molar-refractivity contribution in [2.75, 3.05) is 27.2 Å². The van der Waals surface area contributed by atoms with E-state index >= 15 is 0 Å². The molecule has 1 aromatic rings. The summed E-state index contributed by atoms with van der Waals surface area (Å²) in [5.41, 5.74) is 0.979. The molecule has 0 aromatic heterocycles. The summed E-state index contributed by atoms with van der Waals surface area (Å²) < 4.78 is 0. The third-order valence-corrected chi connectivity index (χ3v) is 5.38. The van der Waals surface area contributed by atoms with Gasteiger partial charge in [0.05, 0.1) is 6.54 Å². The number of carbonyl (C=O) groups excluding carboxylic acids is 1. The molecule has 26 heavy (non-hydrogen) atoms. The van der Waals surface area contributed by atoms with Crippen LogP contribution >= 0.6 is 0 Å². The van der Waals surface area contributed by atoms with Crippen molar-refractivity contribution in [2.45, 2.75) is 43.8 Å². The van der Waals surface area contributed by atoms with E-state index in [4.69, 9.17) is 5.11 Å². The molecule has 0 spiro atoms. The van der Waals surface area contributed by atoms with Crippen molar-refractivity contribution in [3.8, 4) is 0 Å². The van der Waals surface area contributed by atoms with Crippen LogP contribution < -0.4 is 5.32 Å². The third kappa shape index (κ3) is 4.83. The molecule has 0 bridgehead atoms. The Balaban J connectivity index is 1.53. The van der Waals surface area contributed by atoms with E-state index in [9.17, 15) is 9.59 Å². The van der Waals surface area contributed by atoms with E-state index in [1.807, 2.05) is 49.3 Å². The van der Waals surface area contributed by atoms with Gasteiger partial charge in [0.15, 0.2) is 0 Å². The second-order valence-electron chi connectivity index (χ2n) is 7.87. The Labute approximate surface area is 155 Å². The highest BCUT2D eigenvalue weighted by atomic mass is 16.4. The maximum atomic E-state index is 12.8. The number of amides is 1. The van der Waals surface area contributed by atoms with Crippen LogP contribution in [0.2, 0.25) is 0 Å². The number of carboxylic acids is 1. The Morgan fingerprint density at radius 2 is 1.85 bits per heavy atom. The van der Waals surface area contributed by atoms with Gasteiger partial charge in [-0.25, -0.2) is 0 Å². The SMILES string of the molecule is CN(C)[C@@H](C(=O)NC1CC(N(CC(=O)O)CC2CC2)C1)c1ccccc1. The Kier molecular flexibility index (Phi) is 5.94. The molecular weight excluding hydrogens is 330 g/mol. The summed E-state index contributed by atoms with van der Waals surface area (Å²) >= 11 is 0. The van der Waals surface area contributed by atoms with Gasteiger partial charge >= 0.3 is 5.97 Å². The molecule has 2 aliphatic carbocycles. The van der Waals surface area contributed by atoms with Crippen LogP contribution in [0.15, 0.2) is 30.3 Å². The van der Waals surface area contributed by atoms with Crippen LogP contribution in [0.25, 0.3) is 0 Å². The molecule has 1 aromatic carbocycles. The standard InChI is InChI=1S/C20H29N3O3/c1-22(2)19(15-6-4-3-5-7-15)20(26)21-16-10-17(11-16)23(13-18(24)25)12-14-8-9-14/h3-7,14,16-17,19H,8-13H2,1-2H3,(H,21,26)(H,24,25)/t16?,17?,19-/m1/s1. The monoisotopic (exact) mass is 359 g/mol. The van der Waals surface area contributed by atoms with Crippen molar-refractivity contribution in [3.05, 3.63) is 35.9 Å². The first-order valence-electron chi connectivity index (χ1n) is 9.41. The molecule has 1 atom stereocenters. The first-order chi connectivity index (χ1) is 12.4. The van der Waals surface area contributed by atoms with Gasteiger partial charge in [-0.2, -0.15) is 0 Å². The van der Waals surface area contributed by atoms with Crippen LogP contribution in [0, 0.1) is 5.92 Å². The van der Waals surface area contributed by atoms with Crippen molar-refractivity contribution < 1.29 is 14.7 Å². The number of carboxylic acid groups (broad SMARTS) is 1. The van der Waals surface area contributed by atoms with Gasteiger partial charge in [-0.3, -0.25) is 19.4 Å². The van der Waals surface area contributed by atoms with E-state index in [0.717, 1.165) is 24.9 Å². The van der Waals surface area contributed by atoms with Crippen LogP contribution in [0.3, 0.4) is 0 Å². The fourth-order valence-corrected chi connectivity index (χ4v) is 3.75. The van der Waals surface area contributed by atoms with Crippen LogP contribution in [-0.2, 0) is 9.59 Å². The first-order valence-corrected chi connectivity index (χ1v) is 9.41. The zero-order valence-electron chi connectivity index (χ0n) is 15.6. The molecule has 2 saturated carbocycles. The first kappa shape index (κ1) is 18.9. The normalized spacial score (nSPS) is 23.5. The van der Waals surface area contributed by atoms with E-state index in [-0.39, 0.29) is 30.6 Å². The minimum Gasteiger partial charge on any atom is -0.480 e. The van der Waals surface area contributed by atoms with Crippen molar-refractivity contribution in [3.63, 3.8) is 0 Å². The van der Waals surface area contributed by atoms with Gasteiger partial charge in [0.25, 0.3) is 0 Å². The van der Waals surface area contributed by atoms with Crippen LogP contribution in [0.5, 0.6) is 0 Å². The molecule has 2 fully saturated rings. The summed E-state index contributed by atoms with van der Waals surface area (Å²) in [5, 5.41) is 12.3. The lowest BCUT2D eigenvalue weighted by Crippen LogP contribution is -2.56. The lowest BCUT2D eigenvalue weighted by atomic mass is 9.84. The smallest absolute Gasteiger partial charge is 0.317 e. The van der Waals surface area contributed by atoms with Gasteiger partial charge in [-0.05, 0) is 51.3 Å². The summed E-state index contributed by atoms with van der Waals surface area (Å²) in [7, 11) is 3.82. The average Bonchev–Trinajstić information content (AvgIpc) is 3.34. The molecule has 0 aliphatic heterocycles. The highest BCUT2D eigenvalue weighted by Crippen LogP contribution is 2.34. The molecule has 142 valence electrons. The molecular formula is C20H29N3O3. The van der Waals surface area contributed by atoms with Gasteiger partial charge in [0, 0.05) is 18.6 Å². The van der Waals surface area contributed by atoms with Crippen LogP contribution in [0.4, 0.5) is 0 Å². The molecule has 0 radical (unpaired) electrons. The number of nitrogens with one attached hydrogen (secondary N) is 1. The van der Waals surface area contributed by atoms with E-state index in [1.165, 1.54) is 12.8 Å². The lowest BCUT2D eigenvalue weighted by Gasteiger charge is -2.43. The second-order valence-corrected chi connectivity index (χ2v) is 7.87. The molecule has 6 heteroatoms. The number of rotatable bonds is 9. The van der Waals surface area contributed by atoms with Crippen molar-refractivity contribution in [1.29, 1.82) is 0 Å².